The second-order valence-corrected chi connectivity index (χ2v) is 12.3. The van der Waals surface area contributed by atoms with Gasteiger partial charge in [0.2, 0.25) is 0 Å². The number of aliphatic carboxylic acids is 5. The van der Waals surface area contributed by atoms with Crippen LogP contribution >= 0.6 is 0 Å². The van der Waals surface area contributed by atoms with Gasteiger partial charge in [0.25, 0.3) is 0 Å². The average Bonchev–Trinajstić information content (AvgIpc) is 3.14. The fourth-order valence-electron chi connectivity index (χ4n) is 4.71. The molecule has 0 aliphatic carbocycles. The fraction of sp³-hybridized carbons (Fsp3) is 0.432. The van der Waals surface area contributed by atoms with Gasteiger partial charge in [0, 0.05) is 38.5 Å². The number of amides is 1. The molecule has 0 heterocycles. The Morgan fingerprint density at radius 3 is 1.36 bits per heavy atom. The number of carbonyl (C=O) groups is 9. The van der Waals surface area contributed by atoms with E-state index in [-0.39, 0.29) is 77.4 Å². The van der Waals surface area contributed by atoms with Crippen molar-refractivity contribution in [3.8, 4) is 0 Å². The Bertz CT molecular complexity index is 1600. The number of nitrogens with one attached hydrogen (secondary N) is 1. The molecule has 0 aromatic heterocycles. The number of nitrogens with two attached hydrogens (primary N) is 1. The minimum Gasteiger partial charge on any atom is -0.481 e. The molecule has 0 spiro atoms. The first kappa shape index (κ1) is 46.9. The Hall–Kier alpha value is -6.17. The summed E-state index contributed by atoms with van der Waals surface area (Å²) in [5.41, 5.74) is 6.68. The van der Waals surface area contributed by atoms with E-state index in [4.69, 9.17) is 35.6 Å². The zero-order valence-corrected chi connectivity index (χ0v) is 29.9. The van der Waals surface area contributed by atoms with Crippen LogP contribution in [0, 0.1) is 11.8 Å². The van der Waals surface area contributed by atoms with Gasteiger partial charge in [0.05, 0.1) is 11.8 Å². The van der Waals surface area contributed by atoms with Crippen molar-refractivity contribution < 1.29 is 78.2 Å². The predicted molar refractivity (Wildman–Crippen MR) is 189 cm³/mol. The molecule has 0 saturated heterocycles. The molecule has 18 heteroatoms. The zero-order valence-electron chi connectivity index (χ0n) is 29.9. The van der Waals surface area contributed by atoms with Gasteiger partial charge in [-0.15, -0.1) is 0 Å². The van der Waals surface area contributed by atoms with Crippen LogP contribution in [-0.4, -0.2) is 91.1 Å². The van der Waals surface area contributed by atoms with E-state index >= 15 is 0 Å². The van der Waals surface area contributed by atoms with E-state index in [1.165, 1.54) is 0 Å². The first-order chi connectivity index (χ1) is 26.0. The number of ether oxygens (including phenoxy) is 2. The van der Waals surface area contributed by atoms with E-state index in [2.05, 4.69) is 5.32 Å². The molecule has 0 bridgehead atoms. The highest BCUT2D eigenvalue weighted by atomic mass is 16.6. The monoisotopic (exact) mass is 774 g/mol. The molecule has 4 atom stereocenters. The van der Waals surface area contributed by atoms with Gasteiger partial charge in [-0.25, -0.2) is 9.59 Å². The van der Waals surface area contributed by atoms with E-state index < -0.39 is 77.4 Å². The highest BCUT2D eigenvalue weighted by Gasteiger charge is 2.27. The number of carboxylic acids is 5. The van der Waals surface area contributed by atoms with Crippen LogP contribution in [-0.2, 0) is 61.0 Å². The quantitative estimate of drug-likeness (QED) is 0.0713. The molecule has 0 fully saturated rings. The maximum atomic E-state index is 12.7. The summed E-state index contributed by atoms with van der Waals surface area (Å²) in [5, 5.41) is 46.2. The number of hydrogen-bond acceptors (Lipinski definition) is 12. The third-order valence-corrected chi connectivity index (χ3v) is 7.84. The summed E-state index contributed by atoms with van der Waals surface area (Å²) in [6.07, 6.45) is -3.18. The van der Waals surface area contributed by atoms with Gasteiger partial charge in [-0.05, 0) is 36.8 Å². The molecule has 0 unspecified atom stereocenters. The standard InChI is InChI=1S/C26H29NO9.C11H17NO7/c28-21(15-20(24(31)32)11-14-23(29)30)12-13-22(25(33)35-16-18-7-3-1-4-8-18)27-26(34)36-17-19-9-5-2-6-10-19;12-8(11(18)19)3-2-7(13)5-6(10(16)17)1-4-9(14)15/h1-10,20,22H,11-17H2,(H,27,34)(H,29,30)(H,31,32);6,8H,1-5,12H2,(H,14,15)(H,16,17)(H,18,19)/t20-,22-;6-,8-/m00/s1. The highest BCUT2D eigenvalue weighted by molar-refractivity contribution is 5.86. The minimum absolute atomic E-state index is 0.0265. The molecule has 2 rings (SSSR count). The molecule has 0 radical (unpaired) electrons. The van der Waals surface area contributed by atoms with Gasteiger partial charge in [-0.1, -0.05) is 60.7 Å². The van der Waals surface area contributed by atoms with Gasteiger partial charge >= 0.3 is 41.9 Å². The number of benzene rings is 2. The smallest absolute Gasteiger partial charge is 0.408 e. The molecule has 2 aromatic carbocycles. The number of carbonyl (C=O) groups excluding carboxylic acids is 4. The van der Waals surface area contributed by atoms with Crippen LogP contribution in [0.3, 0.4) is 0 Å². The van der Waals surface area contributed by atoms with Crippen LogP contribution in [0.1, 0.15) is 75.3 Å². The largest absolute Gasteiger partial charge is 0.481 e. The summed E-state index contributed by atoms with van der Waals surface area (Å²) in [6, 6.07) is 15.4. The number of carboxylic acid groups (broad SMARTS) is 5. The van der Waals surface area contributed by atoms with E-state index in [0.29, 0.717) is 0 Å². The lowest BCUT2D eigenvalue weighted by molar-refractivity contribution is -0.148. The molecule has 55 heavy (non-hydrogen) atoms. The van der Waals surface area contributed by atoms with Crippen LogP contribution in [0.5, 0.6) is 0 Å². The summed E-state index contributed by atoms with van der Waals surface area (Å²) < 4.78 is 10.4. The number of ketones is 2. The van der Waals surface area contributed by atoms with E-state index in [0.717, 1.165) is 11.1 Å². The molecule has 0 aliphatic rings. The SMILES string of the molecule is N[C@@H](CCC(=O)C[C@H](CCC(=O)O)C(=O)O)C(=O)O.O=C(O)CC[C@@H](CC(=O)CC[C@H](NC(=O)OCc1ccccc1)C(=O)OCc1ccccc1)C(=O)O. The number of Topliss-reactive ketones (excluding diaryl/α,β-unsaturated/α-hetero) is 2. The number of alkyl carbamates (subject to hydrolysis) is 1. The van der Waals surface area contributed by atoms with Gasteiger partial charge < -0.3 is 46.1 Å². The van der Waals surface area contributed by atoms with E-state index in [9.17, 15) is 48.3 Å². The molecular formula is C37H46N2O16. The van der Waals surface area contributed by atoms with Crippen molar-refractivity contribution in [1.82, 2.24) is 5.32 Å². The van der Waals surface area contributed by atoms with Crippen molar-refractivity contribution in [3.05, 3.63) is 71.8 Å². The van der Waals surface area contributed by atoms with Crippen LogP contribution in [0.2, 0.25) is 0 Å². The normalized spacial score (nSPS) is 12.6. The van der Waals surface area contributed by atoms with Crippen LogP contribution in [0.15, 0.2) is 60.7 Å². The Balaban J connectivity index is 0.000000673. The van der Waals surface area contributed by atoms with Crippen molar-refractivity contribution in [2.75, 3.05) is 0 Å². The minimum atomic E-state index is -1.27. The molecule has 0 saturated carbocycles. The topological polar surface area (TPSA) is 311 Å². The van der Waals surface area contributed by atoms with Crippen LogP contribution in [0.25, 0.3) is 0 Å². The number of rotatable bonds is 25. The van der Waals surface area contributed by atoms with Gasteiger partial charge in [0.1, 0.15) is 36.9 Å². The molecule has 1 amide bonds. The van der Waals surface area contributed by atoms with Gasteiger partial charge in [-0.3, -0.25) is 33.6 Å². The molecule has 2 aromatic rings. The van der Waals surface area contributed by atoms with Crippen LogP contribution in [0.4, 0.5) is 4.79 Å². The molecule has 300 valence electrons. The molecule has 0 aliphatic heterocycles. The van der Waals surface area contributed by atoms with Crippen molar-refractivity contribution in [2.24, 2.45) is 17.6 Å². The first-order valence-corrected chi connectivity index (χ1v) is 17.1. The third kappa shape index (κ3) is 21.8. The molecule has 8 N–H and O–H groups in total. The summed E-state index contributed by atoms with van der Waals surface area (Å²) in [6.45, 7) is -0.0671. The summed E-state index contributed by atoms with van der Waals surface area (Å²) in [7, 11) is 0. The maximum Gasteiger partial charge on any atom is 0.408 e. The summed E-state index contributed by atoms with van der Waals surface area (Å²) in [4.78, 5) is 103. The lowest BCUT2D eigenvalue weighted by atomic mass is 9.94. The third-order valence-electron chi connectivity index (χ3n) is 7.84. The van der Waals surface area contributed by atoms with Crippen molar-refractivity contribution in [1.29, 1.82) is 0 Å². The number of esters is 1. The van der Waals surface area contributed by atoms with E-state index in [1.807, 2.05) is 12.1 Å². The van der Waals surface area contributed by atoms with Crippen LogP contribution < -0.4 is 11.1 Å². The summed E-state index contributed by atoms with van der Waals surface area (Å²) in [5.74, 6) is -9.94. The fourth-order valence-corrected chi connectivity index (χ4v) is 4.71. The molecular weight excluding hydrogens is 728 g/mol. The second-order valence-electron chi connectivity index (χ2n) is 12.3. The highest BCUT2D eigenvalue weighted by Crippen LogP contribution is 2.17. The van der Waals surface area contributed by atoms with Crippen molar-refractivity contribution in [2.45, 2.75) is 89.5 Å². The Morgan fingerprint density at radius 1 is 0.545 bits per heavy atom. The number of hydrogen-bond donors (Lipinski definition) is 7. The van der Waals surface area contributed by atoms with Crippen molar-refractivity contribution >= 4 is 53.5 Å². The maximum absolute atomic E-state index is 12.7. The Labute approximate surface area is 315 Å². The van der Waals surface area contributed by atoms with Gasteiger partial charge in [-0.2, -0.15) is 0 Å². The lowest BCUT2D eigenvalue weighted by Gasteiger charge is -2.18. The molecule has 18 nitrogen and oxygen atoms in total. The second kappa shape index (κ2) is 25.7. The van der Waals surface area contributed by atoms with Gasteiger partial charge in [0.15, 0.2) is 0 Å². The predicted octanol–water partition coefficient (Wildman–Crippen LogP) is 3.03. The Morgan fingerprint density at radius 2 is 0.964 bits per heavy atom. The lowest BCUT2D eigenvalue weighted by Crippen LogP contribution is -2.42. The van der Waals surface area contributed by atoms with E-state index in [1.54, 1.807) is 48.5 Å². The first-order valence-electron chi connectivity index (χ1n) is 17.1. The average molecular weight is 775 g/mol. The Kier molecular flexibility index (Phi) is 21.9. The van der Waals surface area contributed by atoms with Crippen molar-refractivity contribution in [3.63, 3.8) is 0 Å². The summed E-state index contributed by atoms with van der Waals surface area (Å²) >= 11 is 0. The zero-order chi connectivity index (χ0) is 41.3.